The van der Waals surface area contributed by atoms with Crippen LogP contribution in [0.4, 0.5) is 8.78 Å². The molecule has 0 fully saturated rings. The molecule has 4 nitrogen and oxygen atoms in total. The second-order valence-corrected chi connectivity index (χ2v) is 6.50. The third kappa shape index (κ3) is 4.68. The quantitative estimate of drug-likeness (QED) is 0.834. The fraction of sp³-hybridized carbons (Fsp3) is 0.455. The van der Waals surface area contributed by atoms with Gasteiger partial charge in [0, 0.05) is 23.4 Å². The molecule has 0 aromatic heterocycles. The molecule has 0 aliphatic carbocycles. The minimum Gasteiger partial charge on any atom is -0.390 e. The van der Waals surface area contributed by atoms with Crippen molar-refractivity contribution in [1.29, 1.82) is 0 Å². The third-order valence-electron chi connectivity index (χ3n) is 2.39. The first-order valence-corrected chi connectivity index (χ1v) is 7.61. The molecule has 1 aromatic carbocycles. The highest BCUT2D eigenvalue weighted by molar-refractivity contribution is 7.90. The molecule has 0 saturated carbocycles. The van der Waals surface area contributed by atoms with Crippen LogP contribution in [0.1, 0.15) is 5.56 Å². The normalized spacial score (nSPS) is 12.7. The molecular formula is C11H14ClF2NO3S. The van der Waals surface area contributed by atoms with Crippen molar-refractivity contribution in [3.63, 3.8) is 0 Å². The summed E-state index contributed by atoms with van der Waals surface area (Å²) in [4.78, 5) is -0.000171. The molecule has 108 valence electrons. The number of aliphatic hydroxyl groups is 1. The van der Waals surface area contributed by atoms with Gasteiger partial charge in [0.2, 0.25) is 0 Å². The Kier molecular flexibility index (Phi) is 5.26. The lowest BCUT2D eigenvalue weighted by molar-refractivity contribution is -0.0478. The van der Waals surface area contributed by atoms with Crippen molar-refractivity contribution in [2.45, 2.75) is 17.4 Å². The van der Waals surface area contributed by atoms with Crippen LogP contribution in [0.25, 0.3) is 0 Å². The molecule has 0 saturated heterocycles. The summed E-state index contributed by atoms with van der Waals surface area (Å²) in [6.45, 7) is -2.17. The van der Waals surface area contributed by atoms with Gasteiger partial charge in [0.25, 0.3) is 5.92 Å². The Morgan fingerprint density at radius 3 is 2.58 bits per heavy atom. The van der Waals surface area contributed by atoms with Crippen LogP contribution in [0.15, 0.2) is 23.1 Å². The summed E-state index contributed by atoms with van der Waals surface area (Å²) >= 11 is 5.88. The summed E-state index contributed by atoms with van der Waals surface area (Å²) < 4.78 is 48.7. The van der Waals surface area contributed by atoms with Gasteiger partial charge in [-0.05, 0) is 12.1 Å². The summed E-state index contributed by atoms with van der Waals surface area (Å²) in [7, 11) is -3.49. The number of nitrogens with one attached hydrogen (secondary N) is 1. The lowest BCUT2D eigenvalue weighted by atomic mass is 10.2. The Morgan fingerprint density at radius 1 is 1.42 bits per heavy atom. The van der Waals surface area contributed by atoms with Crippen molar-refractivity contribution in [2.75, 3.05) is 19.4 Å². The van der Waals surface area contributed by atoms with Crippen LogP contribution in [0.2, 0.25) is 5.02 Å². The van der Waals surface area contributed by atoms with Crippen LogP contribution in [0, 0.1) is 0 Å². The molecule has 1 aromatic rings. The van der Waals surface area contributed by atoms with Crippen molar-refractivity contribution in [1.82, 2.24) is 5.32 Å². The average Bonchev–Trinajstić information content (AvgIpc) is 2.29. The Bertz CT molecular complexity index is 549. The van der Waals surface area contributed by atoms with Crippen LogP contribution in [0.3, 0.4) is 0 Å². The molecule has 0 aliphatic rings. The first-order valence-electron chi connectivity index (χ1n) is 5.34. The zero-order chi connectivity index (χ0) is 14.7. The summed E-state index contributed by atoms with van der Waals surface area (Å²) in [6.07, 6.45) is 1.02. The number of sulfone groups is 1. The van der Waals surface area contributed by atoms with Gasteiger partial charge < -0.3 is 10.4 Å². The fourth-order valence-electron chi connectivity index (χ4n) is 1.48. The summed E-state index contributed by atoms with van der Waals surface area (Å²) in [6, 6.07) is 4.32. The van der Waals surface area contributed by atoms with Gasteiger partial charge in [0.15, 0.2) is 9.84 Å². The Hall–Kier alpha value is -0.760. The zero-order valence-electron chi connectivity index (χ0n) is 10.2. The predicted octanol–water partition coefficient (Wildman–Crippen LogP) is 1.46. The second kappa shape index (κ2) is 6.13. The Morgan fingerprint density at radius 2 is 2.05 bits per heavy atom. The van der Waals surface area contributed by atoms with Gasteiger partial charge in [-0.25, -0.2) is 17.2 Å². The number of halogens is 3. The molecule has 0 aliphatic heterocycles. The van der Waals surface area contributed by atoms with E-state index in [1.165, 1.54) is 18.2 Å². The maximum atomic E-state index is 12.8. The van der Waals surface area contributed by atoms with E-state index < -0.39 is 28.9 Å². The van der Waals surface area contributed by atoms with E-state index in [1.54, 1.807) is 0 Å². The van der Waals surface area contributed by atoms with E-state index in [1.807, 2.05) is 0 Å². The van der Waals surface area contributed by atoms with Crippen LogP contribution in [0.5, 0.6) is 0 Å². The first kappa shape index (κ1) is 16.3. The Labute approximate surface area is 115 Å². The number of hydrogen-bond acceptors (Lipinski definition) is 4. The van der Waals surface area contributed by atoms with E-state index in [4.69, 9.17) is 16.7 Å². The smallest absolute Gasteiger partial charge is 0.282 e. The monoisotopic (exact) mass is 313 g/mol. The molecule has 1 rings (SSSR count). The number of aliphatic hydroxyl groups excluding tert-OH is 1. The minimum absolute atomic E-state index is 0.000171. The fourth-order valence-corrected chi connectivity index (χ4v) is 2.74. The Balaban J connectivity index is 2.90. The maximum Gasteiger partial charge on any atom is 0.282 e. The SMILES string of the molecule is CS(=O)(=O)c1cccc(Cl)c1CNCC(F)(F)CO. The molecule has 19 heavy (non-hydrogen) atoms. The molecule has 2 N–H and O–H groups in total. The lowest BCUT2D eigenvalue weighted by Crippen LogP contribution is -2.35. The zero-order valence-corrected chi connectivity index (χ0v) is 11.7. The van der Waals surface area contributed by atoms with Crippen molar-refractivity contribution < 1.29 is 22.3 Å². The van der Waals surface area contributed by atoms with Gasteiger partial charge in [-0.3, -0.25) is 0 Å². The van der Waals surface area contributed by atoms with Crippen LogP contribution in [-0.2, 0) is 16.4 Å². The number of alkyl halides is 2. The van der Waals surface area contributed by atoms with Gasteiger partial charge in [0.1, 0.15) is 6.61 Å². The molecule has 0 amide bonds. The molecule has 0 atom stereocenters. The maximum absolute atomic E-state index is 12.8. The van der Waals surface area contributed by atoms with E-state index in [2.05, 4.69) is 5.32 Å². The highest BCUT2D eigenvalue weighted by Gasteiger charge is 2.27. The van der Waals surface area contributed by atoms with Crippen molar-refractivity contribution >= 4 is 21.4 Å². The molecule has 8 heteroatoms. The minimum atomic E-state index is -3.49. The summed E-state index contributed by atoms with van der Waals surface area (Å²) in [5.74, 6) is -3.26. The van der Waals surface area contributed by atoms with E-state index in [9.17, 15) is 17.2 Å². The second-order valence-electron chi connectivity index (χ2n) is 4.11. The van der Waals surface area contributed by atoms with Crippen LogP contribution in [-0.4, -0.2) is 38.9 Å². The number of benzene rings is 1. The van der Waals surface area contributed by atoms with Crippen LogP contribution < -0.4 is 5.32 Å². The predicted molar refractivity (Wildman–Crippen MR) is 68.3 cm³/mol. The van der Waals surface area contributed by atoms with E-state index in [0.717, 1.165) is 6.26 Å². The largest absolute Gasteiger partial charge is 0.390 e. The van der Waals surface area contributed by atoms with E-state index >= 15 is 0 Å². The summed E-state index contributed by atoms with van der Waals surface area (Å²) in [5.41, 5.74) is 0.236. The van der Waals surface area contributed by atoms with Gasteiger partial charge in [-0.15, -0.1) is 0 Å². The van der Waals surface area contributed by atoms with Gasteiger partial charge in [0.05, 0.1) is 11.4 Å². The van der Waals surface area contributed by atoms with E-state index in [-0.39, 0.29) is 22.0 Å². The lowest BCUT2D eigenvalue weighted by Gasteiger charge is -2.15. The molecule has 0 unspecified atom stereocenters. The van der Waals surface area contributed by atoms with Crippen molar-refractivity contribution in [3.05, 3.63) is 28.8 Å². The van der Waals surface area contributed by atoms with Gasteiger partial charge in [-0.2, -0.15) is 0 Å². The molecular weight excluding hydrogens is 300 g/mol. The standard InChI is InChI=1S/C11H14ClF2NO3S/c1-19(17,18)10-4-2-3-9(12)8(10)5-15-6-11(13,14)7-16/h2-4,15-16H,5-7H2,1H3. The van der Waals surface area contributed by atoms with Gasteiger partial charge in [-0.1, -0.05) is 17.7 Å². The molecule has 0 heterocycles. The summed E-state index contributed by atoms with van der Waals surface area (Å²) in [5, 5.41) is 11.0. The number of rotatable bonds is 6. The van der Waals surface area contributed by atoms with Gasteiger partial charge >= 0.3 is 0 Å². The molecule has 0 spiro atoms. The van der Waals surface area contributed by atoms with Crippen LogP contribution >= 0.6 is 11.6 Å². The number of hydrogen-bond donors (Lipinski definition) is 2. The topological polar surface area (TPSA) is 66.4 Å². The van der Waals surface area contributed by atoms with E-state index in [0.29, 0.717) is 0 Å². The van der Waals surface area contributed by atoms with Crippen molar-refractivity contribution in [2.24, 2.45) is 0 Å². The van der Waals surface area contributed by atoms with Crippen molar-refractivity contribution in [3.8, 4) is 0 Å². The average molecular weight is 314 g/mol. The third-order valence-corrected chi connectivity index (χ3v) is 3.93. The highest BCUT2D eigenvalue weighted by Crippen LogP contribution is 2.24. The highest BCUT2D eigenvalue weighted by atomic mass is 35.5. The molecule has 0 radical (unpaired) electrons. The first-order chi connectivity index (χ1) is 8.67. The molecule has 0 bridgehead atoms.